The number of aryl methyl sites for hydroxylation is 1. The van der Waals surface area contributed by atoms with Gasteiger partial charge in [0.2, 0.25) is 0 Å². The van der Waals surface area contributed by atoms with Gasteiger partial charge in [0.15, 0.2) is 0 Å². The van der Waals surface area contributed by atoms with Crippen LogP contribution in [-0.4, -0.2) is 19.3 Å². The first-order valence-electron chi connectivity index (χ1n) is 6.29. The average Bonchev–Trinajstić information content (AvgIpc) is 2.34. The minimum absolute atomic E-state index is 0.376. The smallest absolute Gasteiger partial charge is 0.141 e. The normalized spacial score (nSPS) is 12.2. The van der Waals surface area contributed by atoms with Crippen LogP contribution in [0.25, 0.3) is 0 Å². The Balaban J connectivity index is 2.45. The lowest BCUT2D eigenvalue weighted by Crippen LogP contribution is -2.12. The zero-order valence-electron chi connectivity index (χ0n) is 11.6. The van der Waals surface area contributed by atoms with E-state index in [2.05, 4.69) is 26.8 Å². The lowest BCUT2D eigenvalue weighted by molar-refractivity contribution is 0.0744. The number of ether oxygens (including phenoxy) is 2. The van der Waals surface area contributed by atoms with Crippen molar-refractivity contribution >= 4 is 0 Å². The van der Waals surface area contributed by atoms with E-state index in [0.717, 1.165) is 5.75 Å². The van der Waals surface area contributed by atoms with Crippen LogP contribution in [0.4, 0.5) is 0 Å². The Bertz CT molecular complexity index is 421. The van der Waals surface area contributed by atoms with Gasteiger partial charge in [0.05, 0.1) is 12.7 Å². The standard InChI is InChI=1S/C15H21NO2/c1-11(2)15-6-5-14(9-12(15)3)18-8-7-17-13(4)10-16/h5-6,9,11,13H,7-8H2,1-4H3. The van der Waals surface area contributed by atoms with Gasteiger partial charge in [0.1, 0.15) is 18.5 Å². The summed E-state index contributed by atoms with van der Waals surface area (Å²) in [5.41, 5.74) is 2.59. The Morgan fingerprint density at radius 3 is 2.50 bits per heavy atom. The summed E-state index contributed by atoms with van der Waals surface area (Å²) in [5, 5.41) is 8.55. The molecule has 1 atom stereocenters. The summed E-state index contributed by atoms with van der Waals surface area (Å²) in [6.07, 6.45) is -0.376. The van der Waals surface area contributed by atoms with Crippen LogP contribution < -0.4 is 4.74 Å². The monoisotopic (exact) mass is 247 g/mol. The first-order valence-corrected chi connectivity index (χ1v) is 6.29. The molecule has 0 saturated carbocycles. The third kappa shape index (κ3) is 4.38. The highest BCUT2D eigenvalue weighted by Crippen LogP contribution is 2.23. The molecule has 0 saturated heterocycles. The molecule has 0 bridgehead atoms. The summed E-state index contributed by atoms with van der Waals surface area (Å²) in [6, 6.07) is 8.15. The Morgan fingerprint density at radius 2 is 1.94 bits per heavy atom. The maximum absolute atomic E-state index is 8.55. The van der Waals surface area contributed by atoms with Crippen molar-refractivity contribution in [3.8, 4) is 11.8 Å². The summed E-state index contributed by atoms with van der Waals surface area (Å²) in [5.74, 6) is 1.38. The van der Waals surface area contributed by atoms with Crippen molar-refractivity contribution in [1.82, 2.24) is 0 Å². The molecular weight excluding hydrogens is 226 g/mol. The minimum atomic E-state index is -0.376. The lowest BCUT2D eigenvalue weighted by atomic mass is 9.98. The van der Waals surface area contributed by atoms with Crippen molar-refractivity contribution in [2.45, 2.75) is 39.7 Å². The molecule has 1 unspecified atom stereocenters. The molecule has 0 fully saturated rings. The van der Waals surface area contributed by atoms with E-state index in [1.54, 1.807) is 6.92 Å². The molecule has 0 aliphatic heterocycles. The second-order valence-corrected chi connectivity index (χ2v) is 4.66. The van der Waals surface area contributed by atoms with E-state index >= 15 is 0 Å². The van der Waals surface area contributed by atoms with Crippen LogP contribution in [0.5, 0.6) is 5.75 Å². The van der Waals surface area contributed by atoms with Gasteiger partial charge in [-0.15, -0.1) is 0 Å². The molecule has 18 heavy (non-hydrogen) atoms. The fourth-order valence-electron chi connectivity index (χ4n) is 1.81. The first-order chi connectivity index (χ1) is 8.54. The van der Waals surface area contributed by atoms with Crippen molar-refractivity contribution in [3.05, 3.63) is 29.3 Å². The Hall–Kier alpha value is -1.53. The maximum atomic E-state index is 8.55. The lowest BCUT2D eigenvalue weighted by Gasteiger charge is -2.12. The molecule has 3 heteroatoms. The third-order valence-electron chi connectivity index (χ3n) is 2.76. The van der Waals surface area contributed by atoms with Crippen LogP contribution in [0, 0.1) is 18.3 Å². The summed E-state index contributed by atoms with van der Waals surface area (Å²) in [4.78, 5) is 0. The van der Waals surface area contributed by atoms with Crippen LogP contribution in [0.3, 0.4) is 0 Å². The molecule has 0 amide bonds. The zero-order chi connectivity index (χ0) is 13.5. The maximum Gasteiger partial charge on any atom is 0.141 e. The van der Waals surface area contributed by atoms with Crippen LogP contribution in [-0.2, 0) is 4.74 Å². The summed E-state index contributed by atoms with van der Waals surface area (Å²) >= 11 is 0. The van der Waals surface area contributed by atoms with Gasteiger partial charge in [-0.25, -0.2) is 0 Å². The van der Waals surface area contributed by atoms with E-state index in [1.165, 1.54) is 11.1 Å². The molecule has 0 aromatic heterocycles. The third-order valence-corrected chi connectivity index (χ3v) is 2.76. The van der Waals surface area contributed by atoms with Crippen molar-refractivity contribution in [1.29, 1.82) is 5.26 Å². The number of hydrogen-bond acceptors (Lipinski definition) is 3. The Morgan fingerprint density at radius 1 is 1.22 bits per heavy atom. The molecule has 0 spiro atoms. The fourth-order valence-corrected chi connectivity index (χ4v) is 1.81. The highest BCUT2D eigenvalue weighted by Gasteiger charge is 2.05. The summed E-state index contributed by atoms with van der Waals surface area (Å²) in [7, 11) is 0. The summed E-state index contributed by atoms with van der Waals surface area (Å²) in [6.45, 7) is 9.07. The van der Waals surface area contributed by atoms with Crippen LogP contribution in [0.1, 0.15) is 37.8 Å². The Labute approximate surface area is 109 Å². The van der Waals surface area contributed by atoms with Gasteiger partial charge < -0.3 is 9.47 Å². The van der Waals surface area contributed by atoms with Crippen molar-refractivity contribution in [2.75, 3.05) is 13.2 Å². The first kappa shape index (κ1) is 14.5. The van der Waals surface area contributed by atoms with Gasteiger partial charge in [-0.1, -0.05) is 19.9 Å². The SMILES string of the molecule is Cc1cc(OCCOC(C)C#N)ccc1C(C)C. The molecule has 1 aromatic rings. The van der Waals surface area contributed by atoms with Gasteiger partial charge in [-0.05, 0) is 43.0 Å². The molecule has 0 radical (unpaired) electrons. The van der Waals surface area contributed by atoms with Crippen LogP contribution in [0.2, 0.25) is 0 Å². The predicted octanol–water partition coefficient (Wildman–Crippen LogP) is 3.43. The molecule has 1 aromatic carbocycles. The number of nitrogens with zero attached hydrogens (tertiary/aromatic N) is 1. The molecular formula is C15H21NO2. The quantitative estimate of drug-likeness (QED) is 0.723. The molecule has 98 valence electrons. The van der Waals surface area contributed by atoms with E-state index < -0.39 is 0 Å². The number of hydrogen-bond donors (Lipinski definition) is 0. The predicted molar refractivity (Wildman–Crippen MR) is 71.8 cm³/mol. The van der Waals surface area contributed by atoms with Gasteiger partial charge in [-0.3, -0.25) is 0 Å². The topological polar surface area (TPSA) is 42.2 Å². The second-order valence-electron chi connectivity index (χ2n) is 4.66. The van der Waals surface area contributed by atoms with Crippen LogP contribution in [0.15, 0.2) is 18.2 Å². The zero-order valence-corrected chi connectivity index (χ0v) is 11.6. The molecule has 0 aliphatic rings. The molecule has 0 aliphatic carbocycles. The molecule has 1 rings (SSSR count). The Kier molecular flexibility index (Phi) is 5.67. The van der Waals surface area contributed by atoms with E-state index in [-0.39, 0.29) is 6.10 Å². The fraction of sp³-hybridized carbons (Fsp3) is 0.533. The van der Waals surface area contributed by atoms with Gasteiger partial charge in [-0.2, -0.15) is 5.26 Å². The summed E-state index contributed by atoms with van der Waals surface area (Å²) < 4.78 is 10.8. The van der Waals surface area contributed by atoms with Gasteiger partial charge in [0.25, 0.3) is 0 Å². The number of nitriles is 1. The van der Waals surface area contributed by atoms with Gasteiger partial charge >= 0.3 is 0 Å². The molecule has 3 nitrogen and oxygen atoms in total. The van der Waals surface area contributed by atoms with Crippen molar-refractivity contribution in [2.24, 2.45) is 0 Å². The van der Waals surface area contributed by atoms with Gasteiger partial charge in [0, 0.05) is 0 Å². The van der Waals surface area contributed by atoms with E-state index in [9.17, 15) is 0 Å². The van der Waals surface area contributed by atoms with Crippen LogP contribution >= 0.6 is 0 Å². The highest BCUT2D eigenvalue weighted by atomic mass is 16.5. The van der Waals surface area contributed by atoms with Crippen molar-refractivity contribution in [3.63, 3.8) is 0 Å². The van der Waals surface area contributed by atoms with Crippen molar-refractivity contribution < 1.29 is 9.47 Å². The largest absolute Gasteiger partial charge is 0.491 e. The average molecular weight is 247 g/mol. The molecule has 0 N–H and O–H groups in total. The van der Waals surface area contributed by atoms with E-state index in [4.69, 9.17) is 14.7 Å². The highest BCUT2D eigenvalue weighted by molar-refractivity contribution is 5.36. The molecule has 0 heterocycles. The minimum Gasteiger partial charge on any atom is -0.491 e. The van der Waals surface area contributed by atoms with E-state index in [1.807, 2.05) is 18.2 Å². The second kappa shape index (κ2) is 7.03. The van der Waals surface area contributed by atoms with E-state index in [0.29, 0.717) is 19.1 Å². The number of benzene rings is 1. The number of rotatable bonds is 6.